The molecule has 1 N–H and O–H groups in total. The molecule has 1 aliphatic rings. The number of nitrogens with one attached hydrogen (secondary N) is 1. The molecule has 2 aromatic carbocycles. The van der Waals surface area contributed by atoms with E-state index in [1.54, 1.807) is 18.2 Å². The first kappa shape index (κ1) is 17.0. The van der Waals surface area contributed by atoms with Gasteiger partial charge >= 0.3 is 0 Å². The van der Waals surface area contributed by atoms with E-state index in [4.69, 9.17) is 13.9 Å². The number of ether oxygens (including phenoxy) is 2. The summed E-state index contributed by atoms with van der Waals surface area (Å²) >= 11 is 0. The molecule has 1 aliphatic heterocycles. The van der Waals surface area contributed by atoms with Crippen molar-refractivity contribution in [2.45, 2.75) is 6.54 Å². The van der Waals surface area contributed by atoms with Crippen molar-refractivity contribution in [3.05, 3.63) is 65.7 Å². The quantitative estimate of drug-likeness (QED) is 0.761. The van der Waals surface area contributed by atoms with Crippen LogP contribution in [0.3, 0.4) is 0 Å². The number of carbonyl (C=O) groups is 1. The van der Waals surface area contributed by atoms with E-state index in [0.717, 1.165) is 18.5 Å². The molecular formula is C19H14F2N2O4. The molecular weight excluding hydrogens is 358 g/mol. The second-order valence-electron chi connectivity index (χ2n) is 5.81. The molecule has 0 saturated heterocycles. The van der Waals surface area contributed by atoms with Crippen LogP contribution in [0.5, 0.6) is 11.5 Å². The van der Waals surface area contributed by atoms with Crippen molar-refractivity contribution in [2.75, 3.05) is 13.2 Å². The fourth-order valence-corrected chi connectivity index (χ4v) is 2.72. The molecule has 0 unspecified atom stereocenters. The monoisotopic (exact) mass is 372 g/mol. The minimum Gasteiger partial charge on any atom is -0.486 e. The Kier molecular flexibility index (Phi) is 4.45. The number of carbonyl (C=O) groups excluding carboxylic acids is 1. The lowest BCUT2D eigenvalue weighted by atomic mass is 10.1. The van der Waals surface area contributed by atoms with Crippen molar-refractivity contribution in [3.63, 3.8) is 0 Å². The van der Waals surface area contributed by atoms with E-state index < -0.39 is 17.5 Å². The first-order valence-corrected chi connectivity index (χ1v) is 8.17. The standard InChI is InChI=1S/C19H14F2N2O4/c20-13-3-1-12(14(21)8-13)9-22-19(24)17-18(27-10-23-17)11-2-4-15-16(7-11)26-6-5-25-15/h1-4,7-8,10H,5-6,9H2,(H,22,24). The van der Waals surface area contributed by atoms with Gasteiger partial charge in [0.15, 0.2) is 29.3 Å². The molecule has 138 valence electrons. The SMILES string of the molecule is O=C(NCc1ccc(F)cc1F)c1ncoc1-c1ccc2c(c1)OCCO2. The van der Waals surface area contributed by atoms with Gasteiger partial charge in [-0.15, -0.1) is 0 Å². The molecule has 0 bridgehead atoms. The van der Waals surface area contributed by atoms with Crippen LogP contribution in [-0.2, 0) is 6.54 Å². The van der Waals surface area contributed by atoms with Crippen molar-refractivity contribution >= 4 is 5.91 Å². The highest BCUT2D eigenvalue weighted by atomic mass is 19.1. The molecule has 1 amide bonds. The van der Waals surface area contributed by atoms with Gasteiger partial charge in [-0.1, -0.05) is 6.07 Å². The molecule has 1 aromatic heterocycles. The third kappa shape index (κ3) is 3.46. The van der Waals surface area contributed by atoms with E-state index in [1.807, 2.05) is 0 Å². The maximum Gasteiger partial charge on any atom is 0.274 e. The van der Waals surface area contributed by atoms with Gasteiger partial charge in [0.2, 0.25) is 0 Å². The van der Waals surface area contributed by atoms with Crippen molar-refractivity contribution in [2.24, 2.45) is 0 Å². The number of benzene rings is 2. The number of hydrogen-bond donors (Lipinski definition) is 1. The van der Waals surface area contributed by atoms with E-state index >= 15 is 0 Å². The third-order valence-electron chi connectivity index (χ3n) is 4.04. The summed E-state index contributed by atoms with van der Waals surface area (Å²) in [6, 6.07) is 8.31. The Morgan fingerprint density at radius 2 is 1.89 bits per heavy atom. The van der Waals surface area contributed by atoms with Crippen LogP contribution in [0, 0.1) is 11.6 Å². The number of hydrogen-bond acceptors (Lipinski definition) is 5. The lowest BCUT2D eigenvalue weighted by Gasteiger charge is -2.18. The van der Waals surface area contributed by atoms with Crippen LogP contribution in [0.15, 0.2) is 47.2 Å². The highest BCUT2D eigenvalue weighted by molar-refractivity contribution is 5.97. The number of oxazole rings is 1. The van der Waals surface area contributed by atoms with Crippen LogP contribution < -0.4 is 14.8 Å². The van der Waals surface area contributed by atoms with Gasteiger partial charge in [0.1, 0.15) is 24.8 Å². The molecule has 4 rings (SSSR count). The molecule has 3 aromatic rings. The highest BCUT2D eigenvalue weighted by Crippen LogP contribution is 2.35. The zero-order chi connectivity index (χ0) is 18.8. The summed E-state index contributed by atoms with van der Waals surface area (Å²) in [5.74, 6) is -0.541. The number of rotatable bonds is 4. The van der Waals surface area contributed by atoms with Gasteiger partial charge in [-0.25, -0.2) is 13.8 Å². The zero-order valence-electron chi connectivity index (χ0n) is 14.0. The Hall–Kier alpha value is -3.42. The lowest BCUT2D eigenvalue weighted by Crippen LogP contribution is -2.24. The molecule has 0 radical (unpaired) electrons. The summed E-state index contributed by atoms with van der Waals surface area (Å²) in [7, 11) is 0. The van der Waals surface area contributed by atoms with Gasteiger partial charge in [-0.3, -0.25) is 4.79 Å². The molecule has 2 heterocycles. The Balaban J connectivity index is 1.53. The maximum atomic E-state index is 13.7. The Bertz CT molecular complexity index is 1000. The second kappa shape index (κ2) is 7.06. The predicted molar refractivity (Wildman–Crippen MR) is 90.5 cm³/mol. The van der Waals surface area contributed by atoms with Gasteiger partial charge < -0.3 is 19.2 Å². The summed E-state index contributed by atoms with van der Waals surface area (Å²) in [4.78, 5) is 16.4. The highest BCUT2D eigenvalue weighted by Gasteiger charge is 2.21. The topological polar surface area (TPSA) is 73.6 Å². The summed E-state index contributed by atoms with van der Waals surface area (Å²) in [6.07, 6.45) is 1.15. The van der Waals surface area contributed by atoms with Gasteiger partial charge in [0, 0.05) is 23.7 Å². The van der Waals surface area contributed by atoms with E-state index in [2.05, 4.69) is 10.3 Å². The fraction of sp³-hybridized carbons (Fsp3) is 0.158. The molecule has 0 spiro atoms. The number of fused-ring (bicyclic) bond motifs is 1. The van der Waals surface area contributed by atoms with Crippen LogP contribution >= 0.6 is 0 Å². The Morgan fingerprint density at radius 3 is 2.70 bits per heavy atom. The molecule has 6 nitrogen and oxygen atoms in total. The third-order valence-corrected chi connectivity index (χ3v) is 4.04. The smallest absolute Gasteiger partial charge is 0.274 e. The van der Waals surface area contributed by atoms with Crippen LogP contribution in [-0.4, -0.2) is 24.1 Å². The van der Waals surface area contributed by atoms with E-state index in [-0.39, 0.29) is 23.6 Å². The molecule has 0 fully saturated rings. The first-order valence-electron chi connectivity index (χ1n) is 8.17. The predicted octanol–water partition coefficient (Wildman–Crippen LogP) is 3.32. The van der Waals surface area contributed by atoms with Crippen LogP contribution in [0.4, 0.5) is 8.78 Å². The average Bonchev–Trinajstić information content (AvgIpc) is 3.16. The largest absolute Gasteiger partial charge is 0.486 e. The molecule has 8 heteroatoms. The second-order valence-corrected chi connectivity index (χ2v) is 5.81. The van der Waals surface area contributed by atoms with Gasteiger partial charge in [-0.05, 0) is 24.3 Å². The van der Waals surface area contributed by atoms with Crippen LogP contribution in [0.2, 0.25) is 0 Å². The Labute approximate surface area is 152 Å². The molecule has 0 saturated carbocycles. The number of nitrogens with zero attached hydrogens (tertiary/aromatic N) is 1. The summed E-state index contributed by atoms with van der Waals surface area (Å²) in [6.45, 7) is 0.796. The Morgan fingerprint density at radius 1 is 1.07 bits per heavy atom. The van der Waals surface area contributed by atoms with Crippen molar-refractivity contribution in [1.82, 2.24) is 10.3 Å². The average molecular weight is 372 g/mol. The van der Waals surface area contributed by atoms with Crippen LogP contribution in [0.1, 0.15) is 16.1 Å². The summed E-state index contributed by atoms with van der Waals surface area (Å²) in [5, 5.41) is 2.55. The van der Waals surface area contributed by atoms with Crippen LogP contribution in [0.25, 0.3) is 11.3 Å². The normalized spacial score (nSPS) is 12.7. The number of aromatic nitrogens is 1. The lowest BCUT2D eigenvalue weighted by molar-refractivity contribution is 0.0946. The van der Waals surface area contributed by atoms with E-state index in [0.29, 0.717) is 30.3 Å². The maximum absolute atomic E-state index is 13.7. The fourth-order valence-electron chi connectivity index (χ4n) is 2.72. The van der Waals surface area contributed by atoms with E-state index in [1.165, 1.54) is 6.07 Å². The van der Waals surface area contributed by atoms with Gasteiger partial charge in [0.05, 0.1) is 0 Å². The summed E-state index contributed by atoms with van der Waals surface area (Å²) < 4.78 is 43.0. The van der Waals surface area contributed by atoms with Gasteiger partial charge in [0.25, 0.3) is 5.91 Å². The number of halogens is 2. The minimum atomic E-state index is -0.734. The zero-order valence-corrected chi connectivity index (χ0v) is 14.0. The molecule has 0 atom stereocenters. The van der Waals surface area contributed by atoms with Crippen molar-refractivity contribution < 1.29 is 27.5 Å². The molecule has 27 heavy (non-hydrogen) atoms. The van der Waals surface area contributed by atoms with Gasteiger partial charge in [-0.2, -0.15) is 0 Å². The van der Waals surface area contributed by atoms with Crippen molar-refractivity contribution in [3.8, 4) is 22.8 Å². The van der Waals surface area contributed by atoms with E-state index in [9.17, 15) is 13.6 Å². The number of amides is 1. The minimum absolute atomic E-state index is 0.0502. The first-order chi connectivity index (χ1) is 13.1. The van der Waals surface area contributed by atoms with Crippen molar-refractivity contribution in [1.29, 1.82) is 0 Å². The molecule has 0 aliphatic carbocycles. The summed E-state index contributed by atoms with van der Waals surface area (Å²) in [5.41, 5.74) is 0.804.